The van der Waals surface area contributed by atoms with Gasteiger partial charge in [0.1, 0.15) is 0 Å². The van der Waals surface area contributed by atoms with Crippen molar-refractivity contribution in [3.63, 3.8) is 0 Å². The van der Waals surface area contributed by atoms with E-state index in [-0.39, 0.29) is 24.0 Å². The van der Waals surface area contributed by atoms with E-state index in [0.29, 0.717) is 6.04 Å². The van der Waals surface area contributed by atoms with Crippen molar-refractivity contribution in [1.82, 2.24) is 15.5 Å². The van der Waals surface area contributed by atoms with E-state index in [4.69, 9.17) is 4.99 Å². The number of thiophene rings is 2. The zero-order valence-electron chi connectivity index (χ0n) is 15.3. The van der Waals surface area contributed by atoms with E-state index >= 15 is 0 Å². The third-order valence-corrected chi connectivity index (χ3v) is 6.37. The first-order valence-corrected chi connectivity index (χ1v) is 10.9. The standard InChI is InChI=1S/C19H28N4S2.HI/c1-2-20-19(21-10-9-16-7-5-13-24-16)22-15-17(18-8-6-14-25-18)23-11-3-4-12-23;/h5-8,13-14,17H,2-4,9-12,15H2,1H3,(H2,20,21,22);1H. The molecule has 2 aromatic heterocycles. The van der Waals surface area contributed by atoms with E-state index < -0.39 is 0 Å². The number of hydrogen-bond donors (Lipinski definition) is 2. The van der Waals surface area contributed by atoms with E-state index in [9.17, 15) is 0 Å². The largest absolute Gasteiger partial charge is 0.357 e. The van der Waals surface area contributed by atoms with Gasteiger partial charge < -0.3 is 10.6 Å². The Kier molecular flexibility index (Phi) is 9.95. The number of rotatable bonds is 8. The summed E-state index contributed by atoms with van der Waals surface area (Å²) in [5.74, 6) is 0.930. The monoisotopic (exact) mass is 504 g/mol. The lowest BCUT2D eigenvalue weighted by molar-refractivity contribution is 0.255. The maximum Gasteiger partial charge on any atom is 0.191 e. The molecule has 2 aromatic rings. The van der Waals surface area contributed by atoms with Crippen LogP contribution in [0.3, 0.4) is 0 Å². The third-order valence-electron chi connectivity index (χ3n) is 4.46. The highest BCUT2D eigenvalue weighted by molar-refractivity contribution is 14.0. The Morgan fingerprint density at radius 3 is 2.58 bits per heavy atom. The fraction of sp³-hybridized carbons (Fsp3) is 0.526. The fourth-order valence-corrected chi connectivity index (χ4v) is 4.76. The summed E-state index contributed by atoms with van der Waals surface area (Å²) in [6.07, 6.45) is 3.66. The van der Waals surface area contributed by atoms with Crippen LogP contribution in [0.25, 0.3) is 0 Å². The molecular weight excluding hydrogens is 475 g/mol. The number of likely N-dealkylation sites (tertiary alicyclic amines) is 1. The average molecular weight is 505 g/mol. The zero-order chi connectivity index (χ0) is 17.3. The number of hydrogen-bond acceptors (Lipinski definition) is 4. The Labute approximate surface area is 182 Å². The van der Waals surface area contributed by atoms with Crippen molar-refractivity contribution < 1.29 is 0 Å². The minimum absolute atomic E-state index is 0. The van der Waals surface area contributed by atoms with Crippen molar-refractivity contribution in [2.75, 3.05) is 32.7 Å². The lowest BCUT2D eigenvalue weighted by atomic mass is 10.2. The topological polar surface area (TPSA) is 39.7 Å². The fourth-order valence-electron chi connectivity index (χ4n) is 3.20. The molecule has 1 aliphatic heterocycles. The van der Waals surface area contributed by atoms with Crippen LogP contribution in [-0.2, 0) is 6.42 Å². The van der Waals surface area contributed by atoms with E-state index in [1.54, 1.807) is 0 Å². The van der Waals surface area contributed by atoms with Gasteiger partial charge in [-0.25, -0.2) is 0 Å². The van der Waals surface area contributed by atoms with Gasteiger partial charge in [-0.15, -0.1) is 46.7 Å². The van der Waals surface area contributed by atoms with E-state index in [1.807, 2.05) is 22.7 Å². The minimum atomic E-state index is 0. The van der Waals surface area contributed by atoms with Gasteiger partial charge in [0.2, 0.25) is 0 Å². The molecule has 2 N–H and O–H groups in total. The highest BCUT2D eigenvalue weighted by atomic mass is 127. The van der Waals surface area contributed by atoms with Crippen LogP contribution in [0.5, 0.6) is 0 Å². The van der Waals surface area contributed by atoms with Crippen molar-refractivity contribution in [3.8, 4) is 0 Å². The van der Waals surface area contributed by atoms with E-state index in [0.717, 1.165) is 32.0 Å². The second-order valence-corrected chi connectivity index (χ2v) is 8.26. The molecule has 7 heteroatoms. The lowest BCUT2D eigenvalue weighted by Gasteiger charge is -2.25. The van der Waals surface area contributed by atoms with Crippen molar-refractivity contribution in [2.45, 2.75) is 32.2 Å². The Balaban J connectivity index is 0.00000243. The van der Waals surface area contributed by atoms with Crippen molar-refractivity contribution >= 4 is 52.6 Å². The molecule has 1 aliphatic rings. The van der Waals surface area contributed by atoms with Crippen LogP contribution in [0.15, 0.2) is 40.0 Å². The minimum Gasteiger partial charge on any atom is -0.357 e. The Bertz CT molecular complexity index is 622. The van der Waals surface area contributed by atoms with Crippen molar-refractivity contribution in [1.29, 1.82) is 0 Å². The van der Waals surface area contributed by atoms with Gasteiger partial charge in [-0.3, -0.25) is 9.89 Å². The van der Waals surface area contributed by atoms with Crippen LogP contribution in [0.2, 0.25) is 0 Å². The Morgan fingerprint density at radius 1 is 1.15 bits per heavy atom. The number of guanidine groups is 1. The highest BCUT2D eigenvalue weighted by Gasteiger charge is 2.24. The molecule has 1 unspecified atom stereocenters. The van der Waals surface area contributed by atoms with Gasteiger partial charge in [0.25, 0.3) is 0 Å². The zero-order valence-corrected chi connectivity index (χ0v) is 19.3. The molecule has 0 radical (unpaired) electrons. The van der Waals surface area contributed by atoms with Gasteiger partial charge in [-0.1, -0.05) is 12.1 Å². The molecule has 26 heavy (non-hydrogen) atoms. The van der Waals surface area contributed by atoms with Gasteiger partial charge in [0.15, 0.2) is 5.96 Å². The molecule has 0 bridgehead atoms. The molecule has 144 valence electrons. The molecule has 1 saturated heterocycles. The van der Waals surface area contributed by atoms with Gasteiger partial charge >= 0.3 is 0 Å². The van der Waals surface area contributed by atoms with Crippen LogP contribution in [0.1, 0.15) is 35.6 Å². The van der Waals surface area contributed by atoms with Gasteiger partial charge in [0, 0.05) is 22.8 Å². The summed E-state index contributed by atoms with van der Waals surface area (Å²) in [6.45, 7) is 7.13. The average Bonchev–Trinajstić information content (AvgIpc) is 3.38. The number of nitrogens with one attached hydrogen (secondary N) is 2. The second-order valence-electron chi connectivity index (χ2n) is 6.25. The molecule has 1 atom stereocenters. The van der Waals surface area contributed by atoms with Crippen LogP contribution in [0.4, 0.5) is 0 Å². The summed E-state index contributed by atoms with van der Waals surface area (Å²) in [5.41, 5.74) is 0. The third kappa shape index (κ3) is 6.51. The highest BCUT2D eigenvalue weighted by Crippen LogP contribution is 2.28. The Hall–Kier alpha value is -0.640. The van der Waals surface area contributed by atoms with Crippen LogP contribution in [-0.4, -0.2) is 43.6 Å². The first-order chi connectivity index (χ1) is 12.4. The van der Waals surface area contributed by atoms with E-state index in [2.05, 4.69) is 57.5 Å². The van der Waals surface area contributed by atoms with Crippen LogP contribution < -0.4 is 10.6 Å². The molecule has 0 amide bonds. The molecule has 0 aliphatic carbocycles. The maximum absolute atomic E-state index is 4.90. The molecule has 1 fully saturated rings. The molecular formula is C19H29IN4S2. The summed E-state index contributed by atoms with van der Waals surface area (Å²) in [5, 5.41) is 11.2. The van der Waals surface area contributed by atoms with Gasteiger partial charge in [0.05, 0.1) is 12.6 Å². The number of nitrogens with zero attached hydrogens (tertiary/aromatic N) is 2. The first-order valence-electron chi connectivity index (χ1n) is 9.19. The lowest BCUT2D eigenvalue weighted by Crippen LogP contribution is -2.39. The molecule has 3 heterocycles. The smallest absolute Gasteiger partial charge is 0.191 e. The van der Waals surface area contributed by atoms with Crippen LogP contribution >= 0.6 is 46.7 Å². The maximum atomic E-state index is 4.90. The number of halogens is 1. The second kappa shape index (κ2) is 11.9. The SMILES string of the molecule is CCNC(=NCC(c1cccs1)N1CCCC1)NCCc1cccs1.I. The summed E-state index contributed by atoms with van der Waals surface area (Å²) in [7, 11) is 0. The summed E-state index contributed by atoms with van der Waals surface area (Å²) < 4.78 is 0. The first kappa shape index (κ1) is 21.7. The molecule has 3 rings (SSSR count). The normalized spacial score (nSPS) is 16.3. The van der Waals surface area contributed by atoms with Gasteiger partial charge in [-0.05, 0) is 62.2 Å². The Morgan fingerprint density at radius 2 is 1.92 bits per heavy atom. The number of aliphatic imine (C=N–C) groups is 1. The summed E-state index contributed by atoms with van der Waals surface area (Å²) in [6, 6.07) is 9.12. The summed E-state index contributed by atoms with van der Waals surface area (Å²) in [4.78, 5) is 10.3. The quantitative estimate of drug-likeness (QED) is 0.319. The van der Waals surface area contributed by atoms with Crippen molar-refractivity contribution in [3.05, 3.63) is 44.8 Å². The van der Waals surface area contributed by atoms with Gasteiger partial charge in [-0.2, -0.15) is 0 Å². The molecule has 0 saturated carbocycles. The van der Waals surface area contributed by atoms with Crippen LogP contribution in [0, 0.1) is 0 Å². The molecule has 4 nitrogen and oxygen atoms in total. The van der Waals surface area contributed by atoms with E-state index in [1.165, 1.54) is 35.7 Å². The molecule has 0 aromatic carbocycles. The predicted molar refractivity (Wildman–Crippen MR) is 125 cm³/mol. The predicted octanol–water partition coefficient (Wildman–Crippen LogP) is 4.36. The van der Waals surface area contributed by atoms with Crippen molar-refractivity contribution in [2.24, 2.45) is 4.99 Å². The molecule has 0 spiro atoms. The summed E-state index contributed by atoms with van der Waals surface area (Å²) >= 11 is 3.66.